The summed E-state index contributed by atoms with van der Waals surface area (Å²) in [6.07, 6.45) is 3.17. The van der Waals surface area contributed by atoms with E-state index in [4.69, 9.17) is 0 Å². The van der Waals surface area contributed by atoms with Gasteiger partial charge in [-0.2, -0.15) is 5.10 Å². The van der Waals surface area contributed by atoms with Crippen LogP contribution in [0.4, 0.5) is 0 Å². The lowest BCUT2D eigenvalue weighted by Crippen LogP contribution is -2.18. The van der Waals surface area contributed by atoms with Crippen LogP contribution in [-0.2, 0) is 6.54 Å². The van der Waals surface area contributed by atoms with Crippen molar-refractivity contribution in [2.24, 2.45) is 0 Å². The van der Waals surface area contributed by atoms with Crippen molar-refractivity contribution in [2.75, 3.05) is 0 Å². The van der Waals surface area contributed by atoms with E-state index in [1.807, 2.05) is 24.3 Å². The van der Waals surface area contributed by atoms with Crippen molar-refractivity contribution in [1.29, 1.82) is 0 Å². The maximum absolute atomic E-state index is 11.2. The molecule has 2 aromatic rings. The molecule has 15 heavy (non-hydrogen) atoms. The number of H-pyrrole nitrogens is 1. The number of benzene rings is 1. The molecule has 0 saturated heterocycles. The van der Waals surface area contributed by atoms with Crippen LogP contribution in [0.1, 0.15) is 11.1 Å². The molecule has 0 fully saturated rings. The summed E-state index contributed by atoms with van der Waals surface area (Å²) in [5, 5.41) is 3.88. The number of nitrogens with one attached hydrogen (secondary N) is 1. The molecule has 1 aromatic heterocycles. The summed E-state index contributed by atoms with van der Waals surface area (Å²) >= 11 is 0. The van der Waals surface area contributed by atoms with Gasteiger partial charge < -0.3 is 0 Å². The van der Waals surface area contributed by atoms with E-state index in [2.05, 4.69) is 16.7 Å². The van der Waals surface area contributed by atoms with Crippen molar-refractivity contribution in [3.8, 4) is 0 Å². The maximum Gasteiger partial charge on any atom is 0.343 e. The average Bonchev–Trinajstić information content (AvgIpc) is 2.66. The van der Waals surface area contributed by atoms with E-state index in [1.165, 1.54) is 11.0 Å². The lowest BCUT2D eigenvalue weighted by atomic mass is 10.1. The lowest BCUT2D eigenvalue weighted by Gasteiger charge is -2.00. The van der Waals surface area contributed by atoms with Gasteiger partial charge in [0.1, 0.15) is 6.33 Å². The van der Waals surface area contributed by atoms with Crippen molar-refractivity contribution in [3.63, 3.8) is 0 Å². The fourth-order valence-corrected chi connectivity index (χ4v) is 1.33. The third-order valence-corrected chi connectivity index (χ3v) is 2.17. The Morgan fingerprint density at radius 1 is 1.40 bits per heavy atom. The summed E-state index contributed by atoms with van der Waals surface area (Å²) in [6, 6.07) is 7.83. The van der Waals surface area contributed by atoms with Crippen molar-refractivity contribution < 1.29 is 0 Å². The highest BCUT2D eigenvalue weighted by atomic mass is 16.1. The number of hydrogen-bond donors (Lipinski definition) is 1. The summed E-state index contributed by atoms with van der Waals surface area (Å²) in [7, 11) is 0. The Hall–Kier alpha value is -2.10. The van der Waals surface area contributed by atoms with E-state index >= 15 is 0 Å². The molecule has 1 N–H and O–H groups in total. The molecule has 0 radical (unpaired) electrons. The number of nitrogens with zero attached hydrogens (tertiary/aromatic N) is 2. The third kappa shape index (κ3) is 2.04. The lowest BCUT2D eigenvalue weighted by molar-refractivity contribution is 0.659. The molecule has 1 heterocycles. The van der Waals surface area contributed by atoms with Gasteiger partial charge in [-0.1, -0.05) is 36.9 Å². The fourth-order valence-electron chi connectivity index (χ4n) is 1.33. The summed E-state index contributed by atoms with van der Waals surface area (Å²) in [4.78, 5) is 13.7. The van der Waals surface area contributed by atoms with E-state index in [9.17, 15) is 4.79 Å². The molecule has 4 nitrogen and oxygen atoms in total. The van der Waals surface area contributed by atoms with E-state index in [1.54, 1.807) is 6.08 Å². The molecule has 0 atom stereocenters. The van der Waals surface area contributed by atoms with Crippen molar-refractivity contribution in [1.82, 2.24) is 14.8 Å². The minimum atomic E-state index is -0.192. The van der Waals surface area contributed by atoms with E-state index in [0.29, 0.717) is 6.54 Å². The van der Waals surface area contributed by atoms with E-state index in [0.717, 1.165) is 11.1 Å². The Morgan fingerprint density at radius 3 is 2.67 bits per heavy atom. The third-order valence-electron chi connectivity index (χ3n) is 2.17. The summed E-state index contributed by atoms with van der Waals surface area (Å²) in [5.74, 6) is 0. The second kappa shape index (κ2) is 3.96. The largest absolute Gasteiger partial charge is 0.343 e. The van der Waals surface area contributed by atoms with Crippen LogP contribution in [0.5, 0.6) is 0 Å². The van der Waals surface area contributed by atoms with Crippen molar-refractivity contribution >= 4 is 6.08 Å². The first kappa shape index (κ1) is 9.45. The molecule has 0 saturated carbocycles. The molecule has 0 unspecified atom stereocenters. The van der Waals surface area contributed by atoms with Gasteiger partial charge in [-0.15, -0.1) is 0 Å². The first-order chi connectivity index (χ1) is 7.29. The topological polar surface area (TPSA) is 50.7 Å². The minimum Gasteiger partial charge on any atom is -0.295 e. The Bertz CT molecular complexity index is 507. The molecule has 2 rings (SSSR count). The van der Waals surface area contributed by atoms with Crippen molar-refractivity contribution in [3.05, 3.63) is 58.8 Å². The normalized spacial score (nSPS) is 10.1. The zero-order valence-electron chi connectivity index (χ0n) is 8.18. The zero-order chi connectivity index (χ0) is 10.7. The standard InChI is InChI=1S/C11H11N3O/c1-2-9-3-5-10(6-4-9)7-14-11(15)12-8-13-14/h2-6,8H,1,7H2,(H,12,13,15). The number of aromatic nitrogens is 3. The zero-order valence-corrected chi connectivity index (χ0v) is 8.18. The number of hydrogen-bond acceptors (Lipinski definition) is 2. The van der Waals surface area contributed by atoms with Crippen LogP contribution >= 0.6 is 0 Å². The Labute approximate surface area is 86.9 Å². The van der Waals surface area contributed by atoms with E-state index in [-0.39, 0.29) is 5.69 Å². The van der Waals surface area contributed by atoms with Crippen LogP contribution in [-0.4, -0.2) is 14.8 Å². The second-order valence-corrected chi connectivity index (χ2v) is 3.20. The van der Waals surface area contributed by atoms with Crippen LogP contribution in [0.25, 0.3) is 6.08 Å². The summed E-state index contributed by atoms with van der Waals surface area (Å²) in [6.45, 7) is 4.16. The quantitative estimate of drug-likeness (QED) is 0.812. The Morgan fingerprint density at radius 2 is 2.13 bits per heavy atom. The van der Waals surface area contributed by atoms with Gasteiger partial charge in [0.25, 0.3) is 0 Å². The van der Waals surface area contributed by atoms with Crippen LogP contribution in [0.15, 0.2) is 42.0 Å². The monoisotopic (exact) mass is 201 g/mol. The van der Waals surface area contributed by atoms with Gasteiger partial charge in [0.2, 0.25) is 0 Å². The molecular weight excluding hydrogens is 190 g/mol. The molecule has 0 spiro atoms. The van der Waals surface area contributed by atoms with Crippen LogP contribution < -0.4 is 5.69 Å². The fraction of sp³-hybridized carbons (Fsp3) is 0.0909. The predicted molar refractivity (Wildman–Crippen MR) is 58.5 cm³/mol. The van der Waals surface area contributed by atoms with Crippen molar-refractivity contribution in [2.45, 2.75) is 6.54 Å². The van der Waals surface area contributed by atoms with Gasteiger partial charge in [-0.3, -0.25) is 4.98 Å². The van der Waals surface area contributed by atoms with Gasteiger partial charge in [0, 0.05) is 0 Å². The Balaban J connectivity index is 2.21. The van der Waals surface area contributed by atoms with Gasteiger partial charge in [0.15, 0.2) is 0 Å². The van der Waals surface area contributed by atoms with Gasteiger partial charge in [-0.05, 0) is 11.1 Å². The first-order valence-corrected chi connectivity index (χ1v) is 4.61. The molecule has 1 aromatic carbocycles. The van der Waals surface area contributed by atoms with E-state index < -0.39 is 0 Å². The molecule has 0 aliphatic rings. The van der Waals surface area contributed by atoms with Crippen LogP contribution in [0.3, 0.4) is 0 Å². The van der Waals surface area contributed by atoms with Gasteiger partial charge in [-0.25, -0.2) is 9.48 Å². The highest BCUT2D eigenvalue weighted by Crippen LogP contribution is 2.05. The van der Waals surface area contributed by atoms with Crippen LogP contribution in [0.2, 0.25) is 0 Å². The molecule has 0 amide bonds. The van der Waals surface area contributed by atoms with Gasteiger partial charge >= 0.3 is 5.69 Å². The minimum absolute atomic E-state index is 0.192. The SMILES string of the molecule is C=Cc1ccc(Cn2nc[nH]c2=O)cc1. The van der Waals surface area contributed by atoms with Crippen LogP contribution in [0, 0.1) is 0 Å². The summed E-state index contributed by atoms with van der Waals surface area (Å²) < 4.78 is 1.38. The molecular formula is C11H11N3O. The number of rotatable bonds is 3. The summed E-state index contributed by atoms with van der Waals surface area (Å²) in [5.41, 5.74) is 1.91. The smallest absolute Gasteiger partial charge is 0.295 e. The first-order valence-electron chi connectivity index (χ1n) is 4.61. The molecule has 4 heteroatoms. The molecule has 0 aliphatic heterocycles. The predicted octanol–water partition coefficient (Wildman–Crippen LogP) is 1.26. The maximum atomic E-state index is 11.2. The molecule has 0 bridgehead atoms. The van der Waals surface area contributed by atoms with Gasteiger partial charge in [0.05, 0.1) is 6.54 Å². The highest BCUT2D eigenvalue weighted by molar-refractivity contribution is 5.47. The Kier molecular flexibility index (Phi) is 2.49. The average molecular weight is 201 g/mol. The highest BCUT2D eigenvalue weighted by Gasteiger charge is 1.98. The molecule has 76 valence electrons. The second-order valence-electron chi connectivity index (χ2n) is 3.20. The number of aromatic amines is 1. The molecule has 0 aliphatic carbocycles.